The fourth-order valence-electron chi connectivity index (χ4n) is 1.89. The van der Waals surface area contributed by atoms with Gasteiger partial charge in [-0.1, -0.05) is 24.3 Å². The summed E-state index contributed by atoms with van der Waals surface area (Å²) in [5.74, 6) is -0.298. The van der Waals surface area contributed by atoms with Crippen LogP contribution in [0.3, 0.4) is 0 Å². The number of aromatic carboxylic acids is 1. The number of carboxylic acid groups (broad SMARTS) is 1. The minimum Gasteiger partial charge on any atom is -0.478 e. The maximum absolute atomic E-state index is 10.7. The highest BCUT2D eigenvalue weighted by molar-refractivity contribution is 5.87. The van der Waals surface area contributed by atoms with Crippen LogP contribution in [0.25, 0.3) is 6.08 Å². The fourth-order valence-corrected chi connectivity index (χ4v) is 1.89. The highest BCUT2D eigenvalue weighted by Gasteiger charge is 2.09. The van der Waals surface area contributed by atoms with Crippen LogP contribution in [0.5, 0.6) is 0 Å². The molecule has 3 heteroatoms. The first kappa shape index (κ1) is 11.9. The molecule has 1 aromatic carbocycles. The van der Waals surface area contributed by atoms with Gasteiger partial charge in [-0.2, -0.15) is 0 Å². The van der Waals surface area contributed by atoms with Crippen LogP contribution >= 0.6 is 0 Å². The topological polar surface area (TPSA) is 46.5 Å². The third kappa shape index (κ3) is 3.43. The van der Waals surface area contributed by atoms with Crippen molar-refractivity contribution in [3.05, 3.63) is 41.5 Å². The van der Waals surface area contributed by atoms with Crippen LogP contribution in [0.15, 0.2) is 30.3 Å². The molecule has 3 nitrogen and oxygen atoms in total. The normalized spacial score (nSPS) is 17.4. The van der Waals surface area contributed by atoms with Gasteiger partial charge in [0.1, 0.15) is 0 Å². The van der Waals surface area contributed by atoms with Crippen LogP contribution < -0.4 is 0 Å². The van der Waals surface area contributed by atoms with Crippen molar-refractivity contribution in [1.29, 1.82) is 0 Å². The molecule has 1 aromatic rings. The number of carboxylic acids is 1. The number of carbonyl (C=O) groups is 1. The van der Waals surface area contributed by atoms with Gasteiger partial charge in [0.25, 0.3) is 0 Å². The third-order valence-corrected chi connectivity index (χ3v) is 2.98. The van der Waals surface area contributed by atoms with E-state index in [1.807, 2.05) is 12.1 Å². The molecule has 17 heavy (non-hydrogen) atoms. The Kier molecular flexibility index (Phi) is 3.94. The molecule has 1 N–H and O–H groups in total. The predicted molar refractivity (Wildman–Crippen MR) is 66.0 cm³/mol. The fraction of sp³-hybridized carbons (Fsp3) is 0.357. The third-order valence-electron chi connectivity index (χ3n) is 2.98. The highest BCUT2D eigenvalue weighted by Crippen LogP contribution is 2.17. The molecule has 1 saturated heterocycles. The predicted octanol–water partition coefficient (Wildman–Crippen LogP) is 2.82. The first-order chi connectivity index (χ1) is 8.25. The average molecular weight is 232 g/mol. The Morgan fingerprint density at radius 1 is 1.24 bits per heavy atom. The van der Waals surface area contributed by atoms with E-state index >= 15 is 0 Å². The number of benzene rings is 1. The zero-order chi connectivity index (χ0) is 12.1. The van der Waals surface area contributed by atoms with Gasteiger partial charge in [-0.05, 0) is 36.5 Å². The van der Waals surface area contributed by atoms with Crippen molar-refractivity contribution in [3.8, 4) is 0 Å². The number of rotatable bonds is 3. The lowest BCUT2D eigenvalue weighted by molar-refractivity contribution is 0.0697. The summed E-state index contributed by atoms with van der Waals surface area (Å²) in [5.41, 5.74) is 1.37. The lowest BCUT2D eigenvalue weighted by Gasteiger charge is -2.18. The minimum absolute atomic E-state index is 0.327. The van der Waals surface area contributed by atoms with Gasteiger partial charge >= 0.3 is 5.97 Å². The second-order valence-corrected chi connectivity index (χ2v) is 4.24. The van der Waals surface area contributed by atoms with Crippen molar-refractivity contribution < 1.29 is 14.6 Å². The van der Waals surface area contributed by atoms with E-state index in [0.717, 1.165) is 31.6 Å². The van der Waals surface area contributed by atoms with E-state index in [-0.39, 0.29) is 0 Å². The zero-order valence-electron chi connectivity index (χ0n) is 9.63. The molecule has 1 fully saturated rings. The Hall–Kier alpha value is -1.61. The van der Waals surface area contributed by atoms with Crippen molar-refractivity contribution >= 4 is 12.0 Å². The first-order valence-corrected chi connectivity index (χ1v) is 5.85. The molecular weight excluding hydrogens is 216 g/mol. The molecular formula is C14H16O3. The quantitative estimate of drug-likeness (QED) is 0.871. The van der Waals surface area contributed by atoms with Gasteiger partial charge in [0.2, 0.25) is 0 Å². The number of hydrogen-bond donors (Lipinski definition) is 1. The summed E-state index contributed by atoms with van der Waals surface area (Å²) in [4.78, 5) is 10.7. The van der Waals surface area contributed by atoms with Crippen LogP contribution in [0.4, 0.5) is 0 Å². The number of ether oxygens (including phenoxy) is 1. The van der Waals surface area contributed by atoms with Crippen LogP contribution in [0.1, 0.15) is 28.8 Å². The maximum atomic E-state index is 10.7. The molecule has 0 bridgehead atoms. The number of hydrogen-bond acceptors (Lipinski definition) is 2. The summed E-state index contributed by atoms with van der Waals surface area (Å²) in [5, 5.41) is 8.78. The Morgan fingerprint density at radius 2 is 1.88 bits per heavy atom. The minimum atomic E-state index is -0.884. The van der Waals surface area contributed by atoms with Crippen molar-refractivity contribution in [3.63, 3.8) is 0 Å². The van der Waals surface area contributed by atoms with Crippen LogP contribution in [-0.4, -0.2) is 24.3 Å². The van der Waals surface area contributed by atoms with Crippen LogP contribution in [0.2, 0.25) is 0 Å². The largest absolute Gasteiger partial charge is 0.478 e. The standard InChI is InChI=1S/C14H16O3/c15-14(16)13-5-3-11(4-6-13)1-2-12-7-9-17-10-8-12/h1-6,12H,7-10H2,(H,15,16). The first-order valence-electron chi connectivity index (χ1n) is 5.85. The summed E-state index contributed by atoms with van der Waals surface area (Å²) in [6.45, 7) is 1.68. The molecule has 0 spiro atoms. The highest BCUT2D eigenvalue weighted by atomic mass is 16.5. The van der Waals surface area contributed by atoms with Gasteiger partial charge in [-0.3, -0.25) is 0 Å². The Bertz CT molecular complexity index is 400. The summed E-state index contributed by atoms with van der Waals surface area (Å²) in [7, 11) is 0. The Morgan fingerprint density at radius 3 is 2.47 bits per heavy atom. The van der Waals surface area contributed by atoms with E-state index in [0.29, 0.717) is 11.5 Å². The van der Waals surface area contributed by atoms with Gasteiger partial charge in [-0.25, -0.2) is 4.79 Å². The lowest BCUT2D eigenvalue weighted by Crippen LogP contribution is -2.13. The molecule has 0 aliphatic carbocycles. The molecule has 0 radical (unpaired) electrons. The van der Waals surface area contributed by atoms with Crippen molar-refractivity contribution in [2.75, 3.05) is 13.2 Å². The summed E-state index contributed by atoms with van der Waals surface area (Å²) in [6.07, 6.45) is 6.40. The average Bonchev–Trinajstić information content (AvgIpc) is 2.38. The molecule has 2 rings (SSSR count). The number of allylic oxidation sites excluding steroid dienone is 1. The van der Waals surface area contributed by atoms with Gasteiger partial charge in [0, 0.05) is 13.2 Å². The molecule has 0 amide bonds. The SMILES string of the molecule is O=C(O)c1ccc(C=CC2CCOCC2)cc1. The monoisotopic (exact) mass is 232 g/mol. The molecule has 0 atom stereocenters. The van der Waals surface area contributed by atoms with Crippen molar-refractivity contribution in [2.45, 2.75) is 12.8 Å². The summed E-state index contributed by atoms with van der Waals surface area (Å²) < 4.78 is 5.29. The smallest absolute Gasteiger partial charge is 0.335 e. The molecule has 0 saturated carbocycles. The van der Waals surface area contributed by atoms with Gasteiger partial charge in [0.05, 0.1) is 5.56 Å². The summed E-state index contributed by atoms with van der Waals surface area (Å²) in [6, 6.07) is 6.93. The second kappa shape index (κ2) is 5.64. The Labute approximate surface area is 101 Å². The maximum Gasteiger partial charge on any atom is 0.335 e. The van der Waals surface area contributed by atoms with Crippen LogP contribution in [-0.2, 0) is 4.74 Å². The van der Waals surface area contributed by atoms with E-state index in [1.165, 1.54) is 0 Å². The molecule has 90 valence electrons. The zero-order valence-corrected chi connectivity index (χ0v) is 9.63. The molecule has 0 unspecified atom stereocenters. The van der Waals surface area contributed by atoms with Crippen LogP contribution in [0, 0.1) is 5.92 Å². The lowest BCUT2D eigenvalue weighted by atomic mass is 9.99. The molecule has 1 aliphatic heterocycles. The van der Waals surface area contributed by atoms with Crippen molar-refractivity contribution in [2.24, 2.45) is 5.92 Å². The molecule has 0 aromatic heterocycles. The second-order valence-electron chi connectivity index (χ2n) is 4.24. The summed E-state index contributed by atoms with van der Waals surface area (Å²) >= 11 is 0. The van der Waals surface area contributed by atoms with Gasteiger partial charge in [0.15, 0.2) is 0 Å². The molecule has 1 heterocycles. The van der Waals surface area contributed by atoms with E-state index in [9.17, 15) is 4.79 Å². The van der Waals surface area contributed by atoms with Gasteiger partial charge < -0.3 is 9.84 Å². The van der Waals surface area contributed by atoms with Crippen molar-refractivity contribution in [1.82, 2.24) is 0 Å². The van der Waals surface area contributed by atoms with E-state index in [2.05, 4.69) is 12.2 Å². The van der Waals surface area contributed by atoms with E-state index < -0.39 is 5.97 Å². The van der Waals surface area contributed by atoms with Gasteiger partial charge in [-0.15, -0.1) is 0 Å². The molecule has 1 aliphatic rings. The van der Waals surface area contributed by atoms with E-state index in [4.69, 9.17) is 9.84 Å². The van der Waals surface area contributed by atoms with E-state index in [1.54, 1.807) is 12.1 Å². The Balaban J connectivity index is 1.98.